The number of rotatable bonds is 5. The second-order valence-corrected chi connectivity index (χ2v) is 9.15. The molecule has 3 fully saturated rings. The van der Waals surface area contributed by atoms with Gasteiger partial charge in [-0.3, -0.25) is 14.8 Å². The fourth-order valence-electron chi connectivity index (χ4n) is 5.82. The molecular formula is C24H33N3O2. The van der Waals surface area contributed by atoms with Gasteiger partial charge < -0.3 is 9.84 Å². The van der Waals surface area contributed by atoms with Crippen molar-refractivity contribution >= 4 is 10.9 Å². The van der Waals surface area contributed by atoms with Gasteiger partial charge in [-0.25, -0.2) is 0 Å². The average molecular weight is 396 g/mol. The first-order chi connectivity index (χ1) is 14.2. The maximum atomic E-state index is 10.7. The molecule has 2 aromatic rings. The summed E-state index contributed by atoms with van der Waals surface area (Å²) in [5.41, 5.74) is 2.17. The molecule has 3 heterocycles. The van der Waals surface area contributed by atoms with Gasteiger partial charge in [0.25, 0.3) is 0 Å². The predicted octanol–water partition coefficient (Wildman–Crippen LogP) is 3.30. The lowest BCUT2D eigenvalue weighted by atomic mass is 9.77. The Bertz CT molecular complexity index is 851. The molecule has 5 heteroatoms. The number of benzene rings is 1. The van der Waals surface area contributed by atoms with Gasteiger partial charge in [-0.1, -0.05) is 6.07 Å². The van der Waals surface area contributed by atoms with Crippen molar-refractivity contribution < 1.29 is 9.84 Å². The van der Waals surface area contributed by atoms with Crippen molar-refractivity contribution in [2.24, 2.45) is 11.8 Å². The molecule has 0 unspecified atom stereocenters. The SMILES string of the molecule is CCOc1ccc2nc(CN3C[C@H]4C[C@@H](N5CCCC5)[C@H](O)C[C@H]4C3)ccc2c1. The second kappa shape index (κ2) is 8.21. The quantitative estimate of drug-likeness (QED) is 0.842. The summed E-state index contributed by atoms with van der Waals surface area (Å²) in [5, 5.41) is 11.9. The van der Waals surface area contributed by atoms with Crippen LogP contribution < -0.4 is 4.74 Å². The molecule has 1 aromatic heterocycles. The van der Waals surface area contributed by atoms with Crippen LogP contribution >= 0.6 is 0 Å². The number of ether oxygens (including phenoxy) is 1. The molecule has 0 radical (unpaired) electrons. The monoisotopic (exact) mass is 395 g/mol. The molecule has 2 saturated heterocycles. The lowest BCUT2D eigenvalue weighted by Crippen LogP contribution is -2.48. The predicted molar refractivity (Wildman–Crippen MR) is 115 cm³/mol. The minimum atomic E-state index is -0.146. The van der Waals surface area contributed by atoms with Crippen LogP contribution in [-0.4, -0.2) is 64.8 Å². The molecule has 0 amide bonds. The number of aliphatic hydroxyl groups excluding tert-OH is 1. The molecule has 1 saturated carbocycles. The molecule has 0 spiro atoms. The molecule has 3 aliphatic rings. The van der Waals surface area contributed by atoms with Gasteiger partial charge in [0.15, 0.2) is 0 Å². The Balaban J connectivity index is 1.24. The molecule has 1 aliphatic carbocycles. The van der Waals surface area contributed by atoms with Crippen molar-refractivity contribution in [3.8, 4) is 5.75 Å². The molecule has 2 aliphatic heterocycles. The van der Waals surface area contributed by atoms with Crippen LogP contribution in [0.2, 0.25) is 0 Å². The van der Waals surface area contributed by atoms with Gasteiger partial charge in [0.2, 0.25) is 0 Å². The van der Waals surface area contributed by atoms with Gasteiger partial charge in [0.05, 0.1) is 23.9 Å². The third-order valence-corrected chi connectivity index (χ3v) is 7.21. The van der Waals surface area contributed by atoms with E-state index in [1.54, 1.807) is 0 Å². The summed E-state index contributed by atoms with van der Waals surface area (Å²) in [6, 6.07) is 10.8. The van der Waals surface area contributed by atoms with Crippen LogP contribution in [0.4, 0.5) is 0 Å². The number of hydrogen-bond donors (Lipinski definition) is 1. The molecule has 29 heavy (non-hydrogen) atoms. The van der Waals surface area contributed by atoms with E-state index < -0.39 is 0 Å². The fraction of sp³-hybridized carbons (Fsp3) is 0.625. The summed E-state index contributed by atoms with van der Waals surface area (Å²) >= 11 is 0. The summed E-state index contributed by atoms with van der Waals surface area (Å²) in [4.78, 5) is 9.99. The largest absolute Gasteiger partial charge is 0.494 e. The van der Waals surface area contributed by atoms with E-state index in [1.165, 1.54) is 25.9 Å². The molecular weight excluding hydrogens is 362 g/mol. The zero-order valence-corrected chi connectivity index (χ0v) is 17.5. The Kier molecular flexibility index (Phi) is 5.46. The minimum Gasteiger partial charge on any atom is -0.494 e. The highest BCUT2D eigenvalue weighted by Crippen LogP contribution is 2.39. The molecule has 4 atom stereocenters. The summed E-state index contributed by atoms with van der Waals surface area (Å²) in [6.45, 7) is 8.18. The van der Waals surface area contributed by atoms with Crippen molar-refractivity contribution in [1.82, 2.24) is 14.8 Å². The van der Waals surface area contributed by atoms with Crippen LogP contribution in [0.5, 0.6) is 5.75 Å². The van der Waals surface area contributed by atoms with Crippen molar-refractivity contribution in [2.45, 2.75) is 51.3 Å². The highest BCUT2D eigenvalue weighted by Gasteiger charge is 2.43. The van der Waals surface area contributed by atoms with E-state index in [2.05, 4.69) is 34.1 Å². The number of likely N-dealkylation sites (tertiary alicyclic amines) is 2. The Hall–Kier alpha value is -1.69. The topological polar surface area (TPSA) is 48.8 Å². The Labute approximate surface area is 173 Å². The van der Waals surface area contributed by atoms with Crippen LogP contribution in [0, 0.1) is 11.8 Å². The first-order valence-corrected chi connectivity index (χ1v) is 11.4. The Morgan fingerprint density at radius 1 is 1.07 bits per heavy atom. The van der Waals surface area contributed by atoms with E-state index in [9.17, 15) is 5.11 Å². The van der Waals surface area contributed by atoms with E-state index in [0.717, 1.165) is 60.7 Å². The smallest absolute Gasteiger partial charge is 0.120 e. The fourth-order valence-corrected chi connectivity index (χ4v) is 5.82. The van der Waals surface area contributed by atoms with Gasteiger partial charge in [-0.05, 0) is 81.8 Å². The molecule has 1 N–H and O–H groups in total. The number of hydrogen-bond acceptors (Lipinski definition) is 5. The van der Waals surface area contributed by atoms with Crippen LogP contribution in [-0.2, 0) is 6.54 Å². The highest BCUT2D eigenvalue weighted by atomic mass is 16.5. The summed E-state index contributed by atoms with van der Waals surface area (Å²) in [5.74, 6) is 2.26. The van der Waals surface area contributed by atoms with E-state index in [-0.39, 0.29) is 6.10 Å². The van der Waals surface area contributed by atoms with Crippen LogP contribution in [0.25, 0.3) is 10.9 Å². The van der Waals surface area contributed by atoms with Gasteiger partial charge in [-0.15, -0.1) is 0 Å². The van der Waals surface area contributed by atoms with Gasteiger partial charge in [-0.2, -0.15) is 0 Å². The minimum absolute atomic E-state index is 0.146. The number of aromatic nitrogens is 1. The second-order valence-electron chi connectivity index (χ2n) is 9.15. The standard InChI is InChI=1S/C24H33N3O2/c1-2-29-21-7-8-22-17(11-21)5-6-20(25-22)16-26-14-18-12-23(27-9-3-4-10-27)24(28)13-19(18)15-26/h5-8,11,18-19,23-24,28H,2-4,9-10,12-16H2,1H3/t18-,19+,23-,24-/m1/s1. The summed E-state index contributed by atoms with van der Waals surface area (Å²) < 4.78 is 5.60. The van der Waals surface area contributed by atoms with E-state index in [0.29, 0.717) is 18.6 Å². The molecule has 156 valence electrons. The zero-order valence-electron chi connectivity index (χ0n) is 17.5. The summed E-state index contributed by atoms with van der Waals surface area (Å²) in [7, 11) is 0. The number of aliphatic hydroxyl groups is 1. The first kappa shape index (κ1) is 19.3. The van der Waals surface area contributed by atoms with Crippen LogP contribution in [0.15, 0.2) is 30.3 Å². The zero-order chi connectivity index (χ0) is 19.8. The third-order valence-electron chi connectivity index (χ3n) is 7.21. The number of fused-ring (bicyclic) bond motifs is 2. The first-order valence-electron chi connectivity index (χ1n) is 11.4. The Morgan fingerprint density at radius 2 is 1.86 bits per heavy atom. The third kappa shape index (κ3) is 4.00. The van der Waals surface area contributed by atoms with E-state index in [4.69, 9.17) is 9.72 Å². The number of nitrogens with zero attached hydrogens (tertiary/aromatic N) is 3. The van der Waals surface area contributed by atoms with Crippen LogP contribution in [0.1, 0.15) is 38.3 Å². The highest BCUT2D eigenvalue weighted by molar-refractivity contribution is 5.80. The molecule has 1 aromatic carbocycles. The van der Waals surface area contributed by atoms with Crippen LogP contribution in [0.3, 0.4) is 0 Å². The maximum absolute atomic E-state index is 10.7. The lowest BCUT2D eigenvalue weighted by molar-refractivity contribution is -0.000861. The van der Waals surface area contributed by atoms with E-state index in [1.807, 2.05) is 13.0 Å². The molecule has 0 bridgehead atoms. The van der Waals surface area contributed by atoms with Crippen molar-refractivity contribution in [3.63, 3.8) is 0 Å². The normalized spacial score (nSPS) is 30.7. The van der Waals surface area contributed by atoms with Gasteiger partial charge in [0.1, 0.15) is 5.75 Å². The summed E-state index contributed by atoms with van der Waals surface area (Å²) in [6.07, 6.45) is 4.57. The van der Waals surface area contributed by atoms with Crippen molar-refractivity contribution in [1.29, 1.82) is 0 Å². The molecule has 5 rings (SSSR count). The van der Waals surface area contributed by atoms with Gasteiger partial charge in [0, 0.05) is 31.1 Å². The van der Waals surface area contributed by atoms with Gasteiger partial charge >= 0.3 is 0 Å². The Morgan fingerprint density at radius 3 is 2.66 bits per heavy atom. The number of pyridine rings is 1. The lowest BCUT2D eigenvalue weighted by Gasteiger charge is -2.40. The molecule has 5 nitrogen and oxygen atoms in total. The maximum Gasteiger partial charge on any atom is 0.120 e. The van der Waals surface area contributed by atoms with E-state index >= 15 is 0 Å². The van der Waals surface area contributed by atoms with Crippen molar-refractivity contribution in [2.75, 3.05) is 32.8 Å². The average Bonchev–Trinajstić information content (AvgIpc) is 3.37. The van der Waals surface area contributed by atoms with Crippen molar-refractivity contribution in [3.05, 3.63) is 36.0 Å².